The third kappa shape index (κ3) is 3.13. The van der Waals surface area contributed by atoms with Gasteiger partial charge in [-0.3, -0.25) is 9.59 Å². The molecule has 8 nitrogen and oxygen atoms in total. The Hall–Kier alpha value is -2.29. The quantitative estimate of drug-likeness (QED) is 0.855. The Morgan fingerprint density at radius 1 is 1.44 bits per heavy atom. The van der Waals surface area contributed by atoms with E-state index >= 15 is 0 Å². The minimum atomic E-state index is -0.397. The maximum Gasteiger partial charge on any atom is 0.270 e. The predicted molar refractivity (Wildman–Crippen MR) is 98.2 cm³/mol. The van der Waals surface area contributed by atoms with Crippen LogP contribution in [0.4, 0.5) is 0 Å². The van der Waals surface area contributed by atoms with Crippen molar-refractivity contribution in [2.45, 2.75) is 45.1 Å². The van der Waals surface area contributed by atoms with Crippen LogP contribution in [-0.2, 0) is 10.2 Å². The molecule has 4 rings (SSSR count). The van der Waals surface area contributed by atoms with Crippen molar-refractivity contribution in [1.82, 2.24) is 25.3 Å². The number of aromatic nitrogens is 3. The van der Waals surface area contributed by atoms with Crippen molar-refractivity contribution in [3.05, 3.63) is 28.3 Å². The molecule has 2 fully saturated rings. The summed E-state index contributed by atoms with van der Waals surface area (Å²) in [7, 11) is 0. The molecule has 1 unspecified atom stereocenters. The number of carbonyl (C=O) groups excluding carboxylic acids is 2. The summed E-state index contributed by atoms with van der Waals surface area (Å²) in [5, 5.41) is 8.79. The van der Waals surface area contributed by atoms with Crippen LogP contribution in [0.25, 0.3) is 0 Å². The fraction of sp³-hybridized carbons (Fsp3) is 0.611. The Bertz CT molecular complexity index is 849. The summed E-state index contributed by atoms with van der Waals surface area (Å²) in [5.74, 6) is 1.28. The van der Waals surface area contributed by atoms with E-state index in [1.807, 2.05) is 18.7 Å². The number of hydrogen-bond acceptors (Lipinski definition) is 7. The van der Waals surface area contributed by atoms with Crippen molar-refractivity contribution in [2.24, 2.45) is 11.8 Å². The van der Waals surface area contributed by atoms with E-state index in [2.05, 4.69) is 20.4 Å². The largest absolute Gasteiger partial charge is 0.348 e. The minimum absolute atomic E-state index is 0.00675. The van der Waals surface area contributed by atoms with Gasteiger partial charge in [-0.15, -0.1) is 11.3 Å². The highest BCUT2D eigenvalue weighted by molar-refractivity contribution is 7.07. The molecule has 2 aromatic rings. The fourth-order valence-electron chi connectivity index (χ4n) is 4.43. The molecule has 1 aliphatic heterocycles. The maximum absolute atomic E-state index is 12.6. The van der Waals surface area contributed by atoms with E-state index in [1.165, 1.54) is 11.3 Å². The Morgan fingerprint density at radius 2 is 2.26 bits per heavy atom. The molecule has 1 N–H and O–H groups in total. The molecule has 1 saturated heterocycles. The number of carbonyl (C=O) groups is 2. The SMILES string of the molecule is Cc1noc([C@]23C[C@H](NC(=O)c4cscn4)CC2CN(C(=O)C(C)C)C3)n1. The zero-order chi connectivity index (χ0) is 19.2. The molecular formula is C18H23N5O3S. The molecule has 0 aromatic carbocycles. The number of rotatable bonds is 4. The molecule has 1 aliphatic carbocycles. The Balaban J connectivity index is 1.57. The first-order chi connectivity index (χ1) is 12.9. The number of fused-ring (bicyclic) bond motifs is 1. The van der Waals surface area contributed by atoms with Gasteiger partial charge in [0.2, 0.25) is 11.8 Å². The standard InChI is InChI=1S/C18H23N5O3S/c1-10(2)16(25)23-6-12-4-13(21-15(24)14-7-27-9-19-14)5-18(12,8-23)17-20-11(3)22-26-17/h7,9-10,12-13H,4-6,8H2,1-3H3,(H,21,24)/t12?,13-,18+/m1/s1. The second-order valence-electron chi connectivity index (χ2n) is 7.86. The van der Waals surface area contributed by atoms with Gasteiger partial charge in [-0.25, -0.2) is 4.98 Å². The van der Waals surface area contributed by atoms with E-state index in [1.54, 1.807) is 17.8 Å². The van der Waals surface area contributed by atoms with Crippen molar-refractivity contribution < 1.29 is 14.1 Å². The van der Waals surface area contributed by atoms with E-state index in [9.17, 15) is 9.59 Å². The summed E-state index contributed by atoms with van der Waals surface area (Å²) >= 11 is 1.40. The highest BCUT2D eigenvalue weighted by Gasteiger charge is 2.58. The smallest absolute Gasteiger partial charge is 0.270 e. The third-order valence-corrected chi connectivity index (χ3v) is 6.22. The number of nitrogens with zero attached hydrogens (tertiary/aromatic N) is 4. The summed E-state index contributed by atoms with van der Waals surface area (Å²) < 4.78 is 5.54. The number of aryl methyl sites for hydroxylation is 1. The Labute approximate surface area is 161 Å². The van der Waals surface area contributed by atoms with Crippen LogP contribution < -0.4 is 5.32 Å². The fourth-order valence-corrected chi connectivity index (χ4v) is 4.96. The highest BCUT2D eigenvalue weighted by Crippen LogP contribution is 2.50. The zero-order valence-corrected chi connectivity index (χ0v) is 16.5. The predicted octanol–water partition coefficient (Wildman–Crippen LogP) is 1.78. The molecule has 144 valence electrons. The minimum Gasteiger partial charge on any atom is -0.348 e. The van der Waals surface area contributed by atoms with Gasteiger partial charge in [-0.2, -0.15) is 4.98 Å². The van der Waals surface area contributed by atoms with Crippen LogP contribution in [0.3, 0.4) is 0 Å². The van der Waals surface area contributed by atoms with Crippen LogP contribution >= 0.6 is 11.3 Å². The Morgan fingerprint density at radius 3 is 2.89 bits per heavy atom. The van der Waals surface area contributed by atoms with Gasteiger partial charge < -0.3 is 14.7 Å². The van der Waals surface area contributed by atoms with Crippen molar-refractivity contribution >= 4 is 23.2 Å². The zero-order valence-electron chi connectivity index (χ0n) is 15.6. The molecule has 0 bridgehead atoms. The van der Waals surface area contributed by atoms with Crippen LogP contribution in [0.5, 0.6) is 0 Å². The summed E-state index contributed by atoms with van der Waals surface area (Å²) in [5.41, 5.74) is 1.69. The molecular weight excluding hydrogens is 366 g/mol. The first-order valence-corrected chi connectivity index (χ1v) is 10.1. The Kier molecular flexibility index (Phi) is 4.49. The number of amides is 2. The van der Waals surface area contributed by atoms with Gasteiger partial charge in [0.15, 0.2) is 5.82 Å². The normalized spacial score (nSPS) is 27.2. The van der Waals surface area contributed by atoms with Gasteiger partial charge in [0, 0.05) is 30.4 Å². The van der Waals surface area contributed by atoms with Gasteiger partial charge in [-0.1, -0.05) is 19.0 Å². The molecule has 3 atom stereocenters. The molecule has 1 saturated carbocycles. The first-order valence-electron chi connectivity index (χ1n) is 9.17. The van der Waals surface area contributed by atoms with Gasteiger partial charge in [0.05, 0.1) is 10.9 Å². The third-order valence-electron chi connectivity index (χ3n) is 5.63. The van der Waals surface area contributed by atoms with Gasteiger partial charge in [0.25, 0.3) is 5.91 Å². The average molecular weight is 389 g/mol. The van der Waals surface area contributed by atoms with Gasteiger partial charge in [0.1, 0.15) is 5.69 Å². The van der Waals surface area contributed by atoms with E-state index in [0.717, 1.165) is 6.42 Å². The lowest BCUT2D eigenvalue weighted by Gasteiger charge is -2.26. The van der Waals surface area contributed by atoms with Crippen LogP contribution in [0, 0.1) is 18.8 Å². The summed E-state index contributed by atoms with van der Waals surface area (Å²) in [4.78, 5) is 35.4. The highest BCUT2D eigenvalue weighted by atomic mass is 32.1. The van der Waals surface area contributed by atoms with Crippen LogP contribution in [0.15, 0.2) is 15.4 Å². The van der Waals surface area contributed by atoms with Gasteiger partial charge in [-0.05, 0) is 25.7 Å². The van der Waals surface area contributed by atoms with Crippen LogP contribution in [-0.4, -0.2) is 51.0 Å². The number of hydrogen-bond donors (Lipinski definition) is 1. The molecule has 2 amide bonds. The molecule has 0 radical (unpaired) electrons. The summed E-state index contributed by atoms with van der Waals surface area (Å²) in [6, 6.07) is -0.00675. The van der Waals surface area contributed by atoms with Crippen LogP contribution in [0.2, 0.25) is 0 Å². The number of nitrogens with one attached hydrogen (secondary N) is 1. The first kappa shape index (κ1) is 18.1. The molecule has 3 heterocycles. The molecule has 9 heteroatoms. The van der Waals surface area contributed by atoms with E-state index in [4.69, 9.17) is 4.52 Å². The van der Waals surface area contributed by atoms with Crippen molar-refractivity contribution in [3.63, 3.8) is 0 Å². The molecule has 0 spiro atoms. The lowest BCUT2D eigenvalue weighted by molar-refractivity contribution is -0.133. The lowest BCUT2D eigenvalue weighted by atomic mass is 9.80. The average Bonchev–Trinajstić information content (AvgIpc) is 3.36. The monoisotopic (exact) mass is 389 g/mol. The van der Waals surface area contributed by atoms with E-state index in [0.29, 0.717) is 36.9 Å². The number of likely N-dealkylation sites (tertiary alicyclic amines) is 1. The second kappa shape index (κ2) is 6.70. The summed E-state index contributed by atoms with van der Waals surface area (Å²) in [6.45, 7) is 6.83. The second-order valence-corrected chi connectivity index (χ2v) is 8.58. The maximum atomic E-state index is 12.6. The van der Waals surface area contributed by atoms with Crippen molar-refractivity contribution in [2.75, 3.05) is 13.1 Å². The van der Waals surface area contributed by atoms with E-state index in [-0.39, 0.29) is 29.7 Å². The van der Waals surface area contributed by atoms with Crippen molar-refractivity contribution in [3.8, 4) is 0 Å². The molecule has 2 aromatic heterocycles. The summed E-state index contributed by atoms with van der Waals surface area (Å²) in [6.07, 6.45) is 1.45. The molecule has 27 heavy (non-hydrogen) atoms. The number of thiazole rings is 1. The lowest BCUT2D eigenvalue weighted by Crippen LogP contribution is -2.40. The topological polar surface area (TPSA) is 101 Å². The van der Waals surface area contributed by atoms with Crippen molar-refractivity contribution in [1.29, 1.82) is 0 Å². The van der Waals surface area contributed by atoms with Crippen LogP contribution in [0.1, 0.15) is 48.9 Å². The van der Waals surface area contributed by atoms with E-state index < -0.39 is 5.41 Å². The van der Waals surface area contributed by atoms with Gasteiger partial charge >= 0.3 is 0 Å². The molecule has 2 aliphatic rings.